The Morgan fingerprint density at radius 2 is 2.00 bits per heavy atom. The zero-order valence-electron chi connectivity index (χ0n) is 15.1. The molecule has 0 radical (unpaired) electrons. The van der Waals surface area contributed by atoms with Crippen LogP contribution in [0.4, 0.5) is 19.0 Å². The van der Waals surface area contributed by atoms with Crippen LogP contribution in [0.5, 0.6) is 5.75 Å². The Labute approximate surface area is 160 Å². The van der Waals surface area contributed by atoms with E-state index in [4.69, 9.17) is 9.88 Å². The summed E-state index contributed by atoms with van der Waals surface area (Å²) in [4.78, 5) is 10.2. The van der Waals surface area contributed by atoms with Crippen LogP contribution in [0.3, 0.4) is 0 Å². The molecule has 3 rings (SSSR count). The van der Waals surface area contributed by atoms with Crippen molar-refractivity contribution in [3.05, 3.63) is 24.3 Å². The molecule has 8 nitrogen and oxygen atoms in total. The summed E-state index contributed by atoms with van der Waals surface area (Å²) < 4.78 is 68.6. The van der Waals surface area contributed by atoms with Crippen LogP contribution in [0.25, 0.3) is 10.9 Å². The SMILES string of the molecule is COc1cc2ncnc(N3CCC(N(CC(F)F)S(N)(=O)=O)CC3)c2cc1F. The predicted molar refractivity (Wildman–Crippen MR) is 97.1 cm³/mol. The van der Waals surface area contributed by atoms with Crippen LogP contribution in [0.1, 0.15) is 12.8 Å². The van der Waals surface area contributed by atoms with E-state index in [-0.39, 0.29) is 18.6 Å². The minimum absolute atomic E-state index is 0.0617. The standard InChI is InChI=1S/C16H20F3N5O3S/c1-27-14-7-13-11(6-12(14)17)16(22-9-21-13)23-4-2-10(3-5-23)24(8-15(18)19)28(20,25)26/h6-7,9-10,15H,2-5,8H2,1H3,(H2,20,25,26). The Balaban J connectivity index is 1.82. The van der Waals surface area contributed by atoms with Gasteiger partial charge in [0.05, 0.1) is 19.2 Å². The lowest BCUT2D eigenvalue weighted by atomic mass is 10.0. The number of nitrogens with zero attached hydrogens (tertiary/aromatic N) is 4. The van der Waals surface area contributed by atoms with Crippen molar-refractivity contribution in [2.75, 3.05) is 31.6 Å². The number of rotatable bonds is 6. The van der Waals surface area contributed by atoms with Crippen LogP contribution < -0.4 is 14.8 Å². The Morgan fingerprint density at radius 3 is 2.57 bits per heavy atom. The maximum atomic E-state index is 14.1. The van der Waals surface area contributed by atoms with Crippen molar-refractivity contribution in [2.24, 2.45) is 5.14 Å². The van der Waals surface area contributed by atoms with E-state index in [2.05, 4.69) is 9.97 Å². The number of methoxy groups -OCH3 is 1. The molecule has 0 atom stereocenters. The maximum Gasteiger partial charge on any atom is 0.277 e. The number of benzene rings is 1. The van der Waals surface area contributed by atoms with Crippen LogP contribution in [0.2, 0.25) is 0 Å². The zero-order valence-corrected chi connectivity index (χ0v) is 15.9. The fourth-order valence-corrected chi connectivity index (χ4v) is 4.36. The van der Waals surface area contributed by atoms with Gasteiger partial charge in [0.15, 0.2) is 11.6 Å². The monoisotopic (exact) mass is 419 g/mol. The van der Waals surface area contributed by atoms with Gasteiger partial charge < -0.3 is 9.64 Å². The number of fused-ring (bicyclic) bond motifs is 1. The number of nitrogens with two attached hydrogens (primary N) is 1. The molecular formula is C16H20F3N5O3S. The van der Waals surface area contributed by atoms with Crippen LogP contribution in [-0.2, 0) is 10.2 Å². The van der Waals surface area contributed by atoms with Crippen LogP contribution in [0, 0.1) is 5.82 Å². The van der Waals surface area contributed by atoms with Crippen molar-refractivity contribution in [2.45, 2.75) is 25.3 Å². The van der Waals surface area contributed by atoms with E-state index in [0.717, 1.165) is 0 Å². The van der Waals surface area contributed by atoms with Crippen molar-refractivity contribution in [3.63, 3.8) is 0 Å². The summed E-state index contributed by atoms with van der Waals surface area (Å²) in [7, 11) is -2.89. The third kappa shape index (κ3) is 4.28. The summed E-state index contributed by atoms with van der Waals surface area (Å²) in [6.07, 6.45) is -0.908. The first-order chi connectivity index (χ1) is 13.2. The number of halogens is 3. The van der Waals surface area contributed by atoms with Crippen molar-refractivity contribution < 1.29 is 26.3 Å². The van der Waals surface area contributed by atoms with Gasteiger partial charge in [-0.2, -0.15) is 12.7 Å². The molecule has 2 N–H and O–H groups in total. The van der Waals surface area contributed by atoms with Gasteiger partial charge in [-0.3, -0.25) is 0 Å². The number of piperidine rings is 1. The normalized spacial score (nSPS) is 16.3. The summed E-state index contributed by atoms with van der Waals surface area (Å²) >= 11 is 0. The van der Waals surface area contributed by atoms with Crippen molar-refractivity contribution in [1.29, 1.82) is 0 Å². The average molecular weight is 419 g/mol. The van der Waals surface area contributed by atoms with Crippen molar-refractivity contribution in [1.82, 2.24) is 14.3 Å². The lowest BCUT2D eigenvalue weighted by Gasteiger charge is -2.37. The average Bonchev–Trinajstić information content (AvgIpc) is 2.64. The molecule has 1 aliphatic rings. The largest absolute Gasteiger partial charge is 0.494 e. The number of alkyl halides is 2. The molecule has 1 fully saturated rings. The van der Waals surface area contributed by atoms with E-state index < -0.39 is 35.0 Å². The molecule has 28 heavy (non-hydrogen) atoms. The fraction of sp³-hybridized carbons (Fsp3) is 0.500. The number of hydrogen-bond acceptors (Lipinski definition) is 6. The molecule has 1 aromatic heterocycles. The first-order valence-corrected chi connectivity index (χ1v) is 10.0. The molecule has 154 valence electrons. The minimum Gasteiger partial charge on any atom is -0.494 e. The fourth-order valence-electron chi connectivity index (χ4n) is 3.41. The third-order valence-electron chi connectivity index (χ3n) is 4.70. The number of aromatic nitrogens is 2. The van der Waals surface area contributed by atoms with E-state index in [1.54, 1.807) is 0 Å². The molecule has 2 heterocycles. The van der Waals surface area contributed by atoms with E-state index in [9.17, 15) is 21.6 Å². The number of anilines is 1. The molecule has 0 bridgehead atoms. The molecule has 1 aliphatic heterocycles. The molecule has 0 amide bonds. The summed E-state index contributed by atoms with van der Waals surface area (Å²) in [6.45, 7) is -0.246. The highest BCUT2D eigenvalue weighted by Crippen LogP contribution is 2.31. The lowest BCUT2D eigenvalue weighted by Crippen LogP contribution is -2.51. The van der Waals surface area contributed by atoms with Crippen molar-refractivity contribution in [3.8, 4) is 5.75 Å². The first-order valence-electron chi connectivity index (χ1n) is 8.51. The Bertz CT molecular complexity index is 952. The van der Waals surface area contributed by atoms with Gasteiger partial charge in [0.2, 0.25) is 0 Å². The Kier molecular flexibility index (Phi) is 5.91. The smallest absolute Gasteiger partial charge is 0.277 e. The Morgan fingerprint density at radius 1 is 1.32 bits per heavy atom. The van der Waals surface area contributed by atoms with E-state index in [1.165, 1.54) is 25.6 Å². The van der Waals surface area contributed by atoms with Crippen LogP contribution in [0.15, 0.2) is 18.5 Å². The molecule has 12 heteroatoms. The zero-order chi connectivity index (χ0) is 20.5. The molecule has 0 unspecified atom stereocenters. The van der Waals surface area contributed by atoms with Crippen LogP contribution >= 0.6 is 0 Å². The lowest BCUT2D eigenvalue weighted by molar-refractivity contribution is 0.101. The second-order valence-corrected chi connectivity index (χ2v) is 7.92. The highest BCUT2D eigenvalue weighted by atomic mass is 32.2. The van der Waals surface area contributed by atoms with Gasteiger partial charge in [0.1, 0.15) is 12.1 Å². The highest BCUT2D eigenvalue weighted by molar-refractivity contribution is 7.86. The summed E-state index contributed by atoms with van der Waals surface area (Å²) in [6, 6.07) is 2.11. The van der Waals surface area contributed by atoms with Crippen molar-refractivity contribution >= 4 is 26.9 Å². The summed E-state index contributed by atoms with van der Waals surface area (Å²) in [5, 5.41) is 5.58. The minimum atomic E-state index is -4.24. The van der Waals surface area contributed by atoms with Gasteiger partial charge in [-0.25, -0.2) is 28.3 Å². The van der Waals surface area contributed by atoms with Gasteiger partial charge in [-0.15, -0.1) is 0 Å². The second kappa shape index (κ2) is 8.05. The Hall–Kier alpha value is -2.18. The molecule has 0 aliphatic carbocycles. The van der Waals surface area contributed by atoms with Crippen LogP contribution in [-0.4, -0.2) is 61.9 Å². The second-order valence-electron chi connectivity index (χ2n) is 6.43. The van der Waals surface area contributed by atoms with Gasteiger partial charge in [-0.05, 0) is 18.9 Å². The molecule has 1 saturated heterocycles. The van der Waals surface area contributed by atoms with Gasteiger partial charge in [-0.1, -0.05) is 0 Å². The van der Waals surface area contributed by atoms with E-state index in [0.29, 0.717) is 34.1 Å². The van der Waals surface area contributed by atoms with Gasteiger partial charge in [0, 0.05) is 30.6 Å². The maximum absolute atomic E-state index is 14.1. The molecular weight excluding hydrogens is 399 g/mol. The first kappa shape index (κ1) is 20.6. The summed E-state index contributed by atoms with van der Waals surface area (Å²) in [5.41, 5.74) is 0.495. The number of ether oxygens (including phenoxy) is 1. The summed E-state index contributed by atoms with van der Waals surface area (Å²) in [5.74, 6) is -0.00839. The van der Waals surface area contributed by atoms with E-state index in [1.807, 2.05) is 4.90 Å². The predicted octanol–water partition coefficient (Wildman–Crippen LogP) is 1.52. The topological polar surface area (TPSA) is 102 Å². The molecule has 0 spiro atoms. The quantitative estimate of drug-likeness (QED) is 0.762. The molecule has 0 saturated carbocycles. The van der Waals surface area contributed by atoms with Gasteiger partial charge >= 0.3 is 0 Å². The highest BCUT2D eigenvalue weighted by Gasteiger charge is 2.33. The molecule has 1 aromatic carbocycles. The third-order valence-corrected chi connectivity index (χ3v) is 5.80. The van der Waals surface area contributed by atoms with Gasteiger partial charge in [0.25, 0.3) is 16.6 Å². The van der Waals surface area contributed by atoms with E-state index >= 15 is 0 Å². The molecule has 2 aromatic rings. The number of hydrogen-bond donors (Lipinski definition) is 1.